The molecule has 18 heavy (non-hydrogen) atoms. The zero-order valence-electron chi connectivity index (χ0n) is 10.4. The standard InChI is InChI=1S/C12H19N3S.2ClH/c13-12-14-10-5-4-9(8-11(10)16-12)15-6-2-1-3-7-15;;/h9H,1-8H2,(H2,13,14);2*1H. The molecule has 104 valence electrons. The Labute approximate surface area is 125 Å². The minimum absolute atomic E-state index is 0. The number of nitrogens with two attached hydrogens (primary N) is 1. The van der Waals surface area contributed by atoms with E-state index in [0.29, 0.717) is 0 Å². The molecule has 1 saturated heterocycles. The van der Waals surface area contributed by atoms with Crippen molar-refractivity contribution in [1.82, 2.24) is 9.88 Å². The summed E-state index contributed by atoms with van der Waals surface area (Å²) in [5.41, 5.74) is 7.05. The number of anilines is 1. The Morgan fingerprint density at radius 2 is 1.89 bits per heavy atom. The zero-order valence-corrected chi connectivity index (χ0v) is 12.9. The molecule has 1 aromatic heterocycles. The van der Waals surface area contributed by atoms with Crippen molar-refractivity contribution in [3.05, 3.63) is 10.6 Å². The normalized spacial score (nSPS) is 23.7. The Morgan fingerprint density at radius 1 is 1.17 bits per heavy atom. The SMILES string of the molecule is Cl.Cl.Nc1nc2c(s1)CC(N1CCCCC1)CC2. The highest BCUT2D eigenvalue weighted by atomic mass is 35.5. The Balaban J connectivity index is 0.000000810. The number of aromatic nitrogens is 1. The van der Waals surface area contributed by atoms with E-state index in [9.17, 15) is 0 Å². The van der Waals surface area contributed by atoms with Crippen molar-refractivity contribution in [2.45, 2.75) is 44.6 Å². The summed E-state index contributed by atoms with van der Waals surface area (Å²) in [6, 6.07) is 0.757. The van der Waals surface area contributed by atoms with Crippen LogP contribution in [0.25, 0.3) is 0 Å². The van der Waals surface area contributed by atoms with Crippen molar-refractivity contribution in [3.63, 3.8) is 0 Å². The van der Waals surface area contributed by atoms with Crippen LogP contribution in [0.4, 0.5) is 5.13 Å². The number of fused-ring (bicyclic) bond motifs is 1. The summed E-state index contributed by atoms with van der Waals surface area (Å²) in [6.07, 6.45) is 7.77. The van der Waals surface area contributed by atoms with Crippen molar-refractivity contribution in [2.75, 3.05) is 18.8 Å². The van der Waals surface area contributed by atoms with E-state index in [1.54, 1.807) is 11.3 Å². The second kappa shape index (κ2) is 6.94. The molecule has 1 fully saturated rings. The van der Waals surface area contributed by atoms with E-state index in [-0.39, 0.29) is 24.8 Å². The van der Waals surface area contributed by atoms with Gasteiger partial charge in [0.1, 0.15) is 0 Å². The van der Waals surface area contributed by atoms with Crippen LogP contribution in [0, 0.1) is 0 Å². The maximum atomic E-state index is 5.78. The minimum Gasteiger partial charge on any atom is -0.375 e. The molecule has 2 heterocycles. The van der Waals surface area contributed by atoms with Crippen LogP contribution >= 0.6 is 36.2 Å². The molecule has 0 bridgehead atoms. The quantitative estimate of drug-likeness (QED) is 0.867. The summed E-state index contributed by atoms with van der Waals surface area (Å²) in [5.74, 6) is 0. The van der Waals surface area contributed by atoms with Crippen molar-refractivity contribution in [3.8, 4) is 0 Å². The molecule has 3 nitrogen and oxygen atoms in total. The smallest absolute Gasteiger partial charge is 0.180 e. The second-order valence-electron chi connectivity index (χ2n) is 4.92. The molecule has 2 aliphatic rings. The van der Waals surface area contributed by atoms with Gasteiger partial charge in [-0.1, -0.05) is 6.42 Å². The van der Waals surface area contributed by atoms with Gasteiger partial charge < -0.3 is 10.6 Å². The van der Waals surface area contributed by atoms with Crippen LogP contribution in [0.2, 0.25) is 0 Å². The van der Waals surface area contributed by atoms with Crippen LogP contribution in [-0.4, -0.2) is 29.0 Å². The van der Waals surface area contributed by atoms with Gasteiger partial charge in [-0.05, 0) is 45.2 Å². The van der Waals surface area contributed by atoms with Crippen molar-refractivity contribution in [1.29, 1.82) is 0 Å². The number of piperidine rings is 1. The van der Waals surface area contributed by atoms with Gasteiger partial charge >= 0.3 is 0 Å². The average Bonchev–Trinajstić information content (AvgIpc) is 2.69. The highest BCUT2D eigenvalue weighted by Crippen LogP contribution is 2.31. The van der Waals surface area contributed by atoms with E-state index in [1.807, 2.05) is 0 Å². The Morgan fingerprint density at radius 3 is 2.61 bits per heavy atom. The van der Waals surface area contributed by atoms with E-state index in [4.69, 9.17) is 5.73 Å². The Kier molecular flexibility index (Phi) is 6.18. The third-order valence-electron chi connectivity index (χ3n) is 3.84. The van der Waals surface area contributed by atoms with Gasteiger partial charge in [0.25, 0.3) is 0 Å². The number of hydrogen-bond acceptors (Lipinski definition) is 4. The molecule has 0 spiro atoms. The van der Waals surface area contributed by atoms with Gasteiger partial charge in [0.15, 0.2) is 5.13 Å². The fourth-order valence-corrected chi connectivity index (χ4v) is 3.92. The van der Waals surface area contributed by atoms with Crippen LogP contribution in [0.3, 0.4) is 0 Å². The first-order valence-electron chi connectivity index (χ1n) is 6.31. The molecule has 1 unspecified atom stereocenters. The van der Waals surface area contributed by atoms with Gasteiger partial charge in [-0.15, -0.1) is 36.2 Å². The molecule has 1 atom stereocenters. The lowest BCUT2D eigenvalue weighted by atomic mass is 9.94. The van der Waals surface area contributed by atoms with E-state index in [0.717, 1.165) is 17.6 Å². The number of likely N-dealkylation sites (tertiary alicyclic amines) is 1. The average molecular weight is 310 g/mol. The minimum atomic E-state index is 0. The molecular weight excluding hydrogens is 289 g/mol. The number of nitrogen functional groups attached to an aromatic ring is 1. The Bertz CT molecular complexity index is 377. The summed E-state index contributed by atoms with van der Waals surface area (Å²) in [4.78, 5) is 8.54. The summed E-state index contributed by atoms with van der Waals surface area (Å²) in [5, 5.41) is 0.754. The second-order valence-corrected chi connectivity index (χ2v) is 6.03. The maximum Gasteiger partial charge on any atom is 0.180 e. The molecule has 1 aliphatic heterocycles. The van der Waals surface area contributed by atoms with Crippen LogP contribution in [-0.2, 0) is 12.8 Å². The molecule has 6 heteroatoms. The number of halogens is 2. The first-order chi connectivity index (χ1) is 7.83. The molecule has 1 aliphatic carbocycles. The fourth-order valence-electron chi connectivity index (χ4n) is 2.97. The molecule has 1 aromatic rings. The predicted octanol–water partition coefficient (Wildman–Crippen LogP) is 2.91. The number of aryl methyl sites for hydroxylation is 1. The number of rotatable bonds is 1. The predicted molar refractivity (Wildman–Crippen MR) is 82.3 cm³/mol. The van der Waals surface area contributed by atoms with Crippen LogP contribution in [0.5, 0.6) is 0 Å². The lowest BCUT2D eigenvalue weighted by molar-refractivity contribution is 0.150. The van der Waals surface area contributed by atoms with Gasteiger partial charge in [0, 0.05) is 10.9 Å². The summed E-state index contributed by atoms with van der Waals surface area (Å²) in [6.45, 7) is 2.60. The maximum absolute atomic E-state index is 5.78. The summed E-state index contributed by atoms with van der Waals surface area (Å²) < 4.78 is 0. The molecule has 0 radical (unpaired) electrons. The van der Waals surface area contributed by atoms with Gasteiger partial charge in [-0.3, -0.25) is 0 Å². The molecule has 0 aromatic carbocycles. The van der Waals surface area contributed by atoms with Crippen molar-refractivity contribution in [2.24, 2.45) is 0 Å². The van der Waals surface area contributed by atoms with E-state index in [2.05, 4.69) is 9.88 Å². The highest BCUT2D eigenvalue weighted by molar-refractivity contribution is 7.15. The zero-order chi connectivity index (χ0) is 11.0. The molecule has 3 rings (SSSR count). The van der Waals surface area contributed by atoms with Crippen molar-refractivity contribution < 1.29 is 0 Å². The first kappa shape index (κ1) is 16.0. The highest BCUT2D eigenvalue weighted by Gasteiger charge is 2.27. The van der Waals surface area contributed by atoms with Crippen molar-refractivity contribution >= 4 is 41.3 Å². The lowest BCUT2D eigenvalue weighted by Gasteiger charge is -2.36. The third-order valence-corrected chi connectivity index (χ3v) is 4.79. The van der Waals surface area contributed by atoms with Crippen LogP contribution in [0.1, 0.15) is 36.3 Å². The largest absolute Gasteiger partial charge is 0.375 e. The topological polar surface area (TPSA) is 42.1 Å². The third kappa shape index (κ3) is 3.29. The van der Waals surface area contributed by atoms with Gasteiger partial charge in [0.05, 0.1) is 5.69 Å². The summed E-state index contributed by atoms with van der Waals surface area (Å²) >= 11 is 1.70. The van der Waals surface area contributed by atoms with Crippen LogP contribution in [0.15, 0.2) is 0 Å². The number of thiazole rings is 1. The lowest BCUT2D eigenvalue weighted by Crippen LogP contribution is -2.42. The molecular formula is C12H21Cl2N3S. The molecule has 2 N–H and O–H groups in total. The number of hydrogen-bond donors (Lipinski definition) is 1. The fraction of sp³-hybridized carbons (Fsp3) is 0.750. The van der Waals surface area contributed by atoms with E-state index < -0.39 is 0 Å². The molecule has 0 saturated carbocycles. The Hall–Kier alpha value is -0.0300. The molecule has 0 amide bonds. The van der Waals surface area contributed by atoms with Gasteiger partial charge in [0.2, 0.25) is 0 Å². The summed E-state index contributed by atoms with van der Waals surface area (Å²) in [7, 11) is 0. The monoisotopic (exact) mass is 309 g/mol. The first-order valence-corrected chi connectivity index (χ1v) is 7.12. The van der Waals surface area contributed by atoms with Gasteiger partial charge in [-0.2, -0.15) is 0 Å². The van der Waals surface area contributed by atoms with E-state index in [1.165, 1.54) is 55.8 Å². The van der Waals surface area contributed by atoms with E-state index >= 15 is 0 Å². The van der Waals surface area contributed by atoms with Gasteiger partial charge in [-0.25, -0.2) is 4.98 Å². The number of nitrogens with zero attached hydrogens (tertiary/aromatic N) is 2. The van der Waals surface area contributed by atoms with Crippen LogP contribution < -0.4 is 5.73 Å².